The van der Waals surface area contributed by atoms with E-state index in [2.05, 4.69) is 57.5 Å². The number of carbonyl (C=O) groups excluding carboxylic acids is 1. The summed E-state index contributed by atoms with van der Waals surface area (Å²) in [5.41, 5.74) is 5.34. The Hall–Kier alpha value is -3.03. The summed E-state index contributed by atoms with van der Waals surface area (Å²) < 4.78 is 6.76. The summed E-state index contributed by atoms with van der Waals surface area (Å²) in [7, 11) is 0. The molecule has 32 heavy (non-hydrogen) atoms. The van der Waals surface area contributed by atoms with E-state index in [1.165, 1.54) is 5.56 Å². The minimum Gasteiger partial charge on any atom is -0.436 e. The van der Waals surface area contributed by atoms with Gasteiger partial charge in [-0.05, 0) is 71.7 Å². The molecular formula is C25H22BrN3O2S. The van der Waals surface area contributed by atoms with E-state index >= 15 is 0 Å². The lowest BCUT2D eigenvalue weighted by atomic mass is 10.0. The maximum atomic E-state index is 12.3. The number of nitrogens with one attached hydrogen (secondary N) is 2. The fourth-order valence-electron chi connectivity index (χ4n) is 3.22. The van der Waals surface area contributed by atoms with Crippen LogP contribution in [0.3, 0.4) is 0 Å². The van der Waals surface area contributed by atoms with E-state index in [1.807, 2.05) is 36.4 Å². The first-order chi connectivity index (χ1) is 15.4. The molecule has 0 unspecified atom stereocenters. The van der Waals surface area contributed by atoms with Crippen LogP contribution in [0.15, 0.2) is 75.6 Å². The van der Waals surface area contributed by atoms with E-state index in [0.717, 1.165) is 26.7 Å². The normalized spacial score (nSPS) is 11.0. The smallest absolute Gasteiger partial charge is 0.257 e. The molecule has 0 atom stereocenters. The lowest BCUT2D eigenvalue weighted by Crippen LogP contribution is -2.38. The highest BCUT2D eigenvalue weighted by Gasteiger charge is 2.11. The number of hydrogen-bond donors (Lipinski definition) is 2. The Morgan fingerprint density at radius 1 is 1.09 bits per heavy atom. The van der Waals surface area contributed by atoms with Crippen LogP contribution in [0.5, 0.6) is 0 Å². The molecule has 0 bridgehead atoms. The van der Waals surface area contributed by atoms with Crippen molar-refractivity contribution in [3.8, 4) is 11.5 Å². The Kier molecular flexibility index (Phi) is 6.67. The van der Waals surface area contributed by atoms with Gasteiger partial charge in [0.2, 0.25) is 5.89 Å². The molecule has 4 aromatic rings. The van der Waals surface area contributed by atoms with E-state index in [4.69, 9.17) is 16.6 Å². The number of fused-ring (bicyclic) bond motifs is 1. The van der Waals surface area contributed by atoms with Crippen LogP contribution >= 0.6 is 28.1 Å². The fourth-order valence-corrected chi connectivity index (χ4v) is 3.79. The van der Waals surface area contributed by atoms with Gasteiger partial charge in [0.15, 0.2) is 10.7 Å². The van der Waals surface area contributed by atoms with E-state index in [1.54, 1.807) is 18.2 Å². The Morgan fingerprint density at radius 2 is 1.88 bits per heavy atom. The lowest BCUT2D eigenvalue weighted by Gasteiger charge is -2.10. The zero-order chi connectivity index (χ0) is 22.7. The minimum absolute atomic E-state index is 0.254. The summed E-state index contributed by atoms with van der Waals surface area (Å²) in [6.45, 7) is 4.81. The van der Waals surface area contributed by atoms with Crippen molar-refractivity contribution in [3.63, 3.8) is 0 Å². The van der Waals surface area contributed by atoms with Crippen molar-refractivity contribution in [1.29, 1.82) is 0 Å². The van der Waals surface area contributed by atoms with Gasteiger partial charge in [-0.25, -0.2) is 4.98 Å². The number of thiocarbonyl (C=S) groups is 1. The Bertz CT molecular complexity index is 1280. The standard InChI is InChI=1S/C25H22BrN3O2S/c1-15(2)18-10-11-22-21(13-18)28-24(31-22)17-8-6-16(7-9-17)14-27-25(32)29-23(30)19-4-3-5-20(26)12-19/h3-13,15H,14H2,1-2H3,(H2,27,29,30,32). The van der Waals surface area contributed by atoms with E-state index in [9.17, 15) is 4.79 Å². The number of amides is 1. The predicted octanol–water partition coefficient (Wildman–Crippen LogP) is 6.19. The molecule has 1 heterocycles. The second kappa shape index (κ2) is 9.63. The van der Waals surface area contributed by atoms with Crippen LogP contribution in [0.1, 0.15) is 41.3 Å². The average Bonchev–Trinajstić information content (AvgIpc) is 3.21. The number of oxazole rings is 1. The summed E-state index contributed by atoms with van der Waals surface area (Å²) in [5.74, 6) is 0.782. The lowest BCUT2D eigenvalue weighted by molar-refractivity contribution is 0.0976. The largest absolute Gasteiger partial charge is 0.436 e. The summed E-state index contributed by atoms with van der Waals surface area (Å²) >= 11 is 8.61. The third-order valence-corrected chi connectivity index (χ3v) is 5.79. The molecule has 0 radical (unpaired) electrons. The van der Waals surface area contributed by atoms with E-state index in [0.29, 0.717) is 23.9 Å². The molecule has 0 aliphatic rings. The maximum Gasteiger partial charge on any atom is 0.257 e. The zero-order valence-electron chi connectivity index (χ0n) is 17.7. The molecule has 0 fully saturated rings. The van der Waals surface area contributed by atoms with Crippen LogP contribution in [0.2, 0.25) is 0 Å². The van der Waals surface area contributed by atoms with Gasteiger partial charge in [-0.1, -0.05) is 54.0 Å². The number of hydrogen-bond acceptors (Lipinski definition) is 4. The first-order valence-corrected chi connectivity index (χ1v) is 11.4. The van der Waals surface area contributed by atoms with Crippen molar-refractivity contribution in [2.45, 2.75) is 26.3 Å². The van der Waals surface area contributed by atoms with Gasteiger partial charge in [-0.2, -0.15) is 0 Å². The van der Waals surface area contributed by atoms with Crippen molar-refractivity contribution >= 4 is 50.3 Å². The van der Waals surface area contributed by atoms with Crippen LogP contribution in [0.4, 0.5) is 0 Å². The molecule has 5 nitrogen and oxygen atoms in total. The third kappa shape index (κ3) is 5.23. The second-order valence-electron chi connectivity index (χ2n) is 7.74. The molecule has 1 aromatic heterocycles. The van der Waals surface area contributed by atoms with Crippen molar-refractivity contribution in [2.75, 3.05) is 0 Å². The molecule has 1 amide bonds. The van der Waals surface area contributed by atoms with Gasteiger partial charge in [0.1, 0.15) is 5.52 Å². The van der Waals surface area contributed by atoms with Crippen LogP contribution in [-0.2, 0) is 6.54 Å². The van der Waals surface area contributed by atoms with Gasteiger partial charge in [-0.3, -0.25) is 10.1 Å². The molecule has 0 saturated heterocycles. The predicted molar refractivity (Wildman–Crippen MR) is 135 cm³/mol. The fraction of sp³-hybridized carbons (Fsp3) is 0.160. The topological polar surface area (TPSA) is 67.2 Å². The number of aromatic nitrogens is 1. The van der Waals surface area contributed by atoms with Crippen molar-refractivity contribution in [1.82, 2.24) is 15.6 Å². The second-order valence-corrected chi connectivity index (χ2v) is 9.07. The SMILES string of the molecule is CC(C)c1ccc2oc(-c3ccc(CNC(=S)NC(=O)c4cccc(Br)c4)cc3)nc2c1. The monoisotopic (exact) mass is 507 g/mol. The Labute approximate surface area is 200 Å². The van der Waals surface area contributed by atoms with Crippen LogP contribution < -0.4 is 10.6 Å². The summed E-state index contributed by atoms with van der Waals surface area (Å²) in [5, 5.41) is 6.03. The highest BCUT2D eigenvalue weighted by Crippen LogP contribution is 2.27. The molecule has 4 rings (SSSR count). The van der Waals surface area contributed by atoms with Gasteiger partial charge in [0.25, 0.3) is 5.91 Å². The van der Waals surface area contributed by atoms with E-state index in [-0.39, 0.29) is 11.0 Å². The van der Waals surface area contributed by atoms with Crippen LogP contribution in [-0.4, -0.2) is 16.0 Å². The van der Waals surface area contributed by atoms with Gasteiger partial charge < -0.3 is 9.73 Å². The molecule has 3 aromatic carbocycles. The number of halogens is 1. The van der Waals surface area contributed by atoms with Gasteiger partial charge in [0, 0.05) is 22.1 Å². The van der Waals surface area contributed by atoms with Crippen LogP contribution in [0.25, 0.3) is 22.6 Å². The minimum atomic E-state index is -0.254. The first-order valence-electron chi connectivity index (χ1n) is 10.2. The zero-order valence-corrected chi connectivity index (χ0v) is 20.1. The average molecular weight is 508 g/mol. The molecule has 162 valence electrons. The maximum absolute atomic E-state index is 12.3. The molecular weight excluding hydrogens is 486 g/mol. The molecule has 0 aliphatic carbocycles. The molecule has 0 aliphatic heterocycles. The summed E-state index contributed by atoms with van der Waals surface area (Å²) in [6.07, 6.45) is 0. The van der Waals surface area contributed by atoms with Gasteiger partial charge in [-0.15, -0.1) is 0 Å². The van der Waals surface area contributed by atoms with Crippen molar-refractivity contribution in [2.24, 2.45) is 0 Å². The van der Waals surface area contributed by atoms with E-state index < -0.39 is 0 Å². The van der Waals surface area contributed by atoms with Gasteiger partial charge >= 0.3 is 0 Å². The molecule has 0 spiro atoms. The Morgan fingerprint density at radius 3 is 2.59 bits per heavy atom. The van der Waals surface area contributed by atoms with Crippen molar-refractivity contribution < 1.29 is 9.21 Å². The summed E-state index contributed by atoms with van der Waals surface area (Å²) in [6, 6.07) is 21.2. The van der Waals surface area contributed by atoms with Crippen molar-refractivity contribution in [3.05, 3.63) is 87.9 Å². The number of carbonyl (C=O) groups is 1. The number of benzene rings is 3. The summed E-state index contributed by atoms with van der Waals surface area (Å²) in [4.78, 5) is 16.9. The molecule has 7 heteroatoms. The third-order valence-electron chi connectivity index (χ3n) is 5.05. The quantitative estimate of drug-likeness (QED) is 0.315. The van der Waals surface area contributed by atoms with Gasteiger partial charge in [0.05, 0.1) is 0 Å². The highest BCUT2D eigenvalue weighted by molar-refractivity contribution is 9.10. The Balaban J connectivity index is 1.37. The molecule has 2 N–H and O–H groups in total. The van der Waals surface area contributed by atoms with Crippen LogP contribution in [0, 0.1) is 0 Å². The highest BCUT2D eigenvalue weighted by atomic mass is 79.9. The first kappa shape index (κ1) is 22.2. The molecule has 0 saturated carbocycles. The number of rotatable bonds is 5. The number of nitrogens with zero attached hydrogens (tertiary/aromatic N) is 1.